The molecule has 3 aliphatic heterocycles. The van der Waals surface area contributed by atoms with Gasteiger partial charge in [-0.2, -0.15) is 0 Å². The van der Waals surface area contributed by atoms with Gasteiger partial charge in [0.05, 0.1) is 24.5 Å². The number of ether oxygens (including phenoxy) is 1. The van der Waals surface area contributed by atoms with Crippen molar-refractivity contribution in [3.63, 3.8) is 0 Å². The third-order valence-corrected chi connectivity index (χ3v) is 7.76. The molecule has 5 atom stereocenters. The smallest absolute Gasteiger partial charge is 0.247 e. The predicted molar refractivity (Wildman–Crippen MR) is 125 cm³/mol. The first-order valence-electron chi connectivity index (χ1n) is 12.3. The molecule has 188 valence electrons. The van der Waals surface area contributed by atoms with Crippen LogP contribution in [0.25, 0.3) is 0 Å². The number of aromatic nitrogens is 1. The molecule has 0 unspecified atom stereocenters. The molecule has 2 aromatic rings. The summed E-state index contributed by atoms with van der Waals surface area (Å²) in [5.41, 5.74) is -0.496. The summed E-state index contributed by atoms with van der Waals surface area (Å²) >= 11 is 0. The van der Waals surface area contributed by atoms with E-state index in [0.29, 0.717) is 11.3 Å². The van der Waals surface area contributed by atoms with Crippen LogP contribution in [0.3, 0.4) is 0 Å². The number of nitrogens with one attached hydrogen (secondary N) is 2. The van der Waals surface area contributed by atoms with Crippen molar-refractivity contribution in [2.45, 2.75) is 56.4 Å². The van der Waals surface area contributed by atoms with Crippen LogP contribution in [-0.2, 0) is 19.1 Å². The number of fused-ring (bicyclic) bond motifs is 1. The highest BCUT2D eigenvalue weighted by atomic mass is 19.1. The quantitative estimate of drug-likeness (QED) is 0.597. The van der Waals surface area contributed by atoms with Gasteiger partial charge in [0.15, 0.2) is 5.82 Å². The molecule has 2 bridgehead atoms. The van der Waals surface area contributed by atoms with E-state index < -0.39 is 41.3 Å². The van der Waals surface area contributed by atoms with E-state index in [4.69, 9.17) is 9.26 Å². The number of carbonyl (C=O) groups is 3. The van der Waals surface area contributed by atoms with E-state index in [-0.39, 0.29) is 30.2 Å². The first-order valence-corrected chi connectivity index (χ1v) is 12.3. The van der Waals surface area contributed by atoms with Gasteiger partial charge >= 0.3 is 0 Å². The highest BCUT2D eigenvalue weighted by Crippen LogP contribution is 2.53. The van der Waals surface area contributed by atoms with E-state index in [9.17, 15) is 18.8 Å². The van der Waals surface area contributed by atoms with Gasteiger partial charge in [-0.3, -0.25) is 14.4 Å². The zero-order valence-corrected chi connectivity index (χ0v) is 19.8. The maximum atomic E-state index is 13.9. The summed E-state index contributed by atoms with van der Waals surface area (Å²) in [7, 11) is 0. The SMILES string of the molecule is Cc1cc(NC(=O)[C@@H]2[C@H]3C=C[C@@]4(CN([C@H](C(=O)NC5CCCC5)c5ccc(F)cc5)C(=O)[C@@H]24)O3)no1. The van der Waals surface area contributed by atoms with E-state index in [0.717, 1.165) is 25.7 Å². The molecular formula is C26H27FN4O5. The molecule has 2 N–H and O–H groups in total. The van der Waals surface area contributed by atoms with Crippen molar-refractivity contribution in [3.05, 3.63) is 59.6 Å². The number of hydrogen-bond acceptors (Lipinski definition) is 6. The van der Waals surface area contributed by atoms with Gasteiger partial charge in [0.2, 0.25) is 17.7 Å². The highest BCUT2D eigenvalue weighted by Gasteiger charge is 2.68. The fraction of sp³-hybridized carbons (Fsp3) is 0.462. The minimum atomic E-state index is -1.00. The number of amides is 3. The van der Waals surface area contributed by atoms with Crippen LogP contribution in [0.5, 0.6) is 0 Å². The Labute approximate surface area is 207 Å². The number of halogens is 1. The van der Waals surface area contributed by atoms with Crippen LogP contribution in [0.15, 0.2) is 47.0 Å². The van der Waals surface area contributed by atoms with Crippen LogP contribution in [-0.4, -0.2) is 52.1 Å². The van der Waals surface area contributed by atoms with Crippen molar-refractivity contribution < 1.29 is 28.0 Å². The normalized spacial score (nSPS) is 29.6. The maximum absolute atomic E-state index is 13.9. The van der Waals surface area contributed by atoms with Crippen LogP contribution in [0.1, 0.15) is 43.0 Å². The van der Waals surface area contributed by atoms with Crippen LogP contribution >= 0.6 is 0 Å². The van der Waals surface area contributed by atoms with Crippen molar-refractivity contribution in [1.29, 1.82) is 0 Å². The lowest BCUT2D eigenvalue weighted by Crippen LogP contribution is -2.46. The molecule has 1 spiro atoms. The first kappa shape index (κ1) is 22.9. The summed E-state index contributed by atoms with van der Waals surface area (Å²) in [6.45, 7) is 1.84. The van der Waals surface area contributed by atoms with E-state index in [2.05, 4.69) is 15.8 Å². The van der Waals surface area contributed by atoms with Gasteiger partial charge in [0.25, 0.3) is 0 Å². The summed E-state index contributed by atoms with van der Waals surface area (Å²) in [6.07, 6.45) is 6.95. The van der Waals surface area contributed by atoms with Gasteiger partial charge in [0.1, 0.15) is 23.2 Å². The molecule has 6 rings (SSSR count). The Bertz CT molecular complexity index is 1240. The Morgan fingerprint density at radius 1 is 1.22 bits per heavy atom. The molecule has 3 amide bonds. The number of aryl methyl sites for hydroxylation is 1. The van der Waals surface area contributed by atoms with E-state index in [1.54, 1.807) is 19.1 Å². The average Bonchev–Trinajstić information content (AvgIpc) is 3.66. The minimum absolute atomic E-state index is 0.0484. The fourth-order valence-electron chi connectivity index (χ4n) is 6.15. The summed E-state index contributed by atoms with van der Waals surface area (Å²) in [5, 5.41) is 9.61. The summed E-state index contributed by atoms with van der Waals surface area (Å²) in [5.74, 6) is -2.23. The van der Waals surface area contributed by atoms with E-state index in [1.807, 2.05) is 6.08 Å². The van der Waals surface area contributed by atoms with Crippen molar-refractivity contribution >= 4 is 23.5 Å². The van der Waals surface area contributed by atoms with Crippen LogP contribution in [0.4, 0.5) is 10.2 Å². The molecule has 1 aromatic carbocycles. The molecule has 36 heavy (non-hydrogen) atoms. The van der Waals surface area contributed by atoms with Gasteiger partial charge < -0.3 is 24.8 Å². The van der Waals surface area contributed by atoms with Gasteiger partial charge in [0, 0.05) is 12.1 Å². The summed E-state index contributed by atoms with van der Waals surface area (Å²) in [4.78, 5) is 42.2. The Balaban J connectivity index is 1.30. The number of nitrogens with zero attached hydrogens (tertiary/aromatic N) is 2. The molecule has 0 radical (unpaired) electrons. The summed E-state index contributed by atoms with van der Waals surface area (Å²) in [6, 6.07) is 6.30. The lowest BCUT2D eigenvalue weighted by molar-refractivity contribution is -0.142. The van der Waals surface area contributed by atoms with Crippen LogP contribution in [0.2, 0.25) is 0 Å². The fourth-order valence-corrected chi connectivity index (χ4v) is 6.15. The van der Waals surface area contributed by atoms with Gasteiger partial charge in [-0.25, -0.2) is 4.39 Å². The Hall–Kier alpha value is -3.53. The van der Waals surface area contributed by atoms with Gasteiger partial charge in [-0.15, -0.1) is 0 Å². The Kier molecular flexibility index (Phi) is 5.44. The largest absolute Gasteiger partial charge is 0.360 e. The van der Waals surface area contributed by atoms with Crippen molar-refractivity contribution in [2.24, 2.45) is 11.8 Å². The van der Waals surface area contributed by atoms with Crippen LogP contribution < -0.4 is 10.6 Å². The van der Waals surface area contributed by atoms with Crippen molar-refractivity contribution in [3.8, 4) is 0 Å². The zero-order valence-electron chi connectivity index (χ0n) is 19.8. The third kappa shape index (κ3) is 3.71. The molecule has 1 aliphatic carbocycles. The van der Waals surface area contributed by atoms with Gasteiger partial charge in [-0.05, 0) is 37.5 Å². The number of rotatable bonds is 6. The summed E-state index contributed by atoms with van der Waals surface area (Å²) < 4.78 is 24.9. The second kappa shape index (κ2) is 8.55. The highest BCUT2D eigenvalue weighted by molar-refractivity contribution is 6.00. The zero-order chi connectivity index (χ0) is 25.0. The molecular weight excluding hydrogens is 467 g/mol. The topological polar surface area (TPSA) is 114 Å². The predicted octanol–water partition coefficient (Wildman–Crippen LogP) is 2.64. The van der Waals surface area contributed by atoms with Gasteiger partial charge in [-0.1, -0.05) is 42.3 Å². The Morgan fingerprint density at radius 2 is 1.97 bits per heavy atom. The first-order chi connectivity index (χ1) is 17.3. The molecule has 4 aliphatic rings. The van der Waals surface area contributed by atoms with Crippen LogP contribution in [0, 0.1) is 24.6 Å². The lowest BCUT2D eigenvalue weighted by atomic mass is 9.77. The lowest BCUT2D eigenvalue weighted by Gasteiger charge is -2.30. The average molecular weight is 495 g/mol. The molecule has 2 saturated heterocycles. The number of hydrogen-bond donors (Lipinski definition) is 2. The number of carbonyl (C=O) groups excluding carboxylic acids is 3. The maximum Gasteiger partial charge on any atom is 0.247 e. The molecule has 4 heterocycles. The second-order valence-corrected chi connectivity index (χ2v) is 10.1. The van der Waals surface area contributed by atoms with E-state index in [1.165, 1.54) is 29.2 Å². The monoisotopic (exact) mass is 494 g/mol. The molecule has 1 saturated carbocycles. The standard InChI is InChI=1S/C26H27FN4O5/c1-14-12-19(30-36-14)29-23(32)20-18-10-11-26(35-18)13-31(25(34)21(20)26)22(15-6-8-16(27)9-7-15)24(33)28-17-4-2-3-5-17/h6-12,17-18,20-22H,2-5,13H2,1H3,(H,28,33)(H,29,30,32)/t18-,20-,21-,22+,26+/m1/s1. The Morgan fingerprint density at radius 3 is 2.67 bits per heavy atom. The number of benzene rings is 1. The molecule has 9 nitrogen and oxygen atoms in total. The van der Waals surface area contributed by atoms with Crippen molar-refractivity contribution in [1.82, 2.24) is 15.4 Å². The van der Waals surface area contributed by atoms with E-state index >= 15 is 0 Å². The second-order valence-electron chi connectivity index (χ2n) is 10.1. The van der Waals surface area contributed by atoms with Crippen molar-refractivity contribution in [2.75, 3.05) is 11.9 Å². The minimum Gasteiger partial charge on any atom is -0.360 e. The number of anilines is 1. The molecule has 3 fully saturated rings. The third-order valence-electron chi connectivity index (χ3n) is 7.76. The number of likely N-dealkylation sites (tertiary alicyclic amines) is 1. The molecule has 1 aromatic heterocycles. The molecule has 10 heteroatoms.